The summed E-state index contributed by atoms with van der Waals surface area (Å²) in [6.07, 6.45) is 6.57. The van der Waals surface area contributed by atoms with Gasteiger partial charge in [-0.2, -0.15) is 0 Å². The third-order valence-corrected chi connectivity index (χ3v) is 2.56. The van der Waals surface area contributed by atoms with Gasteiger partial charge >= 0.3 is 0 Å². The number of hydrogen-bond acceptors (Lipinski definition) is 4. The second-order valence-electron chi connectivity index (χ2n) is 3.14. The van der Waals surface area contributed by atoms with Crippen LogP contribution in [0.2, 0.25) is 0 Å². The van der Waals surface area contributed by atoms with Crippen LogP contribution in [0.15, 0.2) is 0 Å². The Labute approximate surface area is 90.5 Å². The SMILES string of the molecule is C#CCNCC(=O)NCCCS(C)(=O)=O. The molecule has 0 aliphatic rings. The number of terminal acetylenes is 1. The van der Waals surface area contributed by atoms with E-state index in [2.05, 4.69) is 16.6 Å². The van der Waals surface area contributed by atoms with Crippen LogP contribution in [0.3, 0.4) is 0 Å². The second-order valence-corrected chi connectivity index (χ2v) is 5.40. The van der Waals surface area contributed by atoms with Crippen molar-refractivity contribution in [2.75, 3.05) is 31.6 Å². The lowest BCUT2D eigenvalue weighted by molar-refractivity contribution is -0.120. The van der Waals surface area contributed by atoms with Crippen molar-refractivity contribution in [1.82, 2.24) is 10.6 Å². The van der Waals surface area contributed by atoms with E-state index < -0.39 is 9.84 Å². The number of carbonyl (C=O) groups is 1. The lowest BCUT2D eigenvalue weighted by Gasteiger charge is -2.04. The molecule has 0 aliphatic heterocycles. The fourth-order valence-corrected chi connectivity index (χ4v) is 1.54. The monoisotopic (exact) mass is 232 g/mol. The number of rotatable bonds is 7. The summed E-state index contributed by atoms with van der Waals surface area (Å²) in [6.45, 7) is 0.865. The quantitative estimate of drug-likeness (QED) is 0.425. The molecule has 5 nitrogen and oxygen atoms in total. The molecule has 0 radical (unpaired) electrons. The average molecular weight is 232 g/mol. The first-order chi connectivity index (χ1) is 6.95. The largest absolute Gasteiger partial charge is 0.355 e. The maximum Gasteiger partial charge on any atom is 0.233 e. The molecule has 6 heteroatoms. The van der Waals surface area contributed by atoms with E-state index in [9.17, 15) is 13.2 Å². The van der Waals surface area contributed by atoms with E-state index in [-0.39, 0.29) is 18.2 Å². The van der Waals surface area contributed by atoms with Crippen LogP contribution in [0.4, 0.5) is 0 Å². The van der Waals surface area contributed by atoms with Gasteiger partial charge in [0.15, 0.2) is 0 Å². The highest BCUT2D eigenvalue weighted by molar-refractivity contribution is 7.90. The predicted molar refractivity (Wildman–Crippen MR) is 59.0 cm³/mol. The van der Waals surface area contributed by atoms with Crippen molar-refractivity contribution < 1.29 is 13.2 Å². The Bertz CT molecular complexity index is 330. The Morgan fingerprint density at radius 3 is 2.67 bits per heavy atom. The Morgan fingerprint density at radius 1 is 1.47 bits per heavy atom. The van der Waals surface area contributed by atoms with Crippen molar-refractivity contribution in [3.63, 3.8) is 0 Å². The Balaban J connectivity index is 3.44. The van der Waals surface area contributed by atoms with E-state index in [0.29, 0.717) is 19.5 Å². The minimum Gasteiger partial charge on any atom is -0.355 e. The van der Waals surface area contributed by atoms with E-state index in [1.807, 2.05) is 0 Å². The summed E-state index contributed by atoms with van der Waals surface area (Å²) in [5.41, 5.74) is 0. The van der Waals surface area contributed by atoms with Crippen LogP contribution in [0.1, 0.15) is 6.42 Å². The average Bonchev–Trinajstić information content (AvgIpc) is 2.11. The first-order valence-electron chi connectivity index (χ1n) is 4.54. The molecule has 0 spiro atoms. The normalized spacial score (nSPS) is 10.7. The van der Waals surface area contributed by atoms with E-state index in [4.69, 9.17) is 6.42 Å². The van der Waals surface area contributed by atoms with E-state index in [1.165, 1.54) is 6.26 Å². The summed E-state index contributed by atoms with van der Waals surface area (Å²) in [4.78, 5) is 11.1. The van der Waals surface area contributed by atoms with Gasteiger partial charge in [0.25, 0.3) is 0 Å². The van der Waals surface area contributed by atoms with Crippen LogP contribution >= 0.6 is 0 Å². The number of hydrogen-bond donors (Lipinski definition) is 2. The van der Waals surface area contributed by atoms with E-state index in [1.54, 1.807) is 0 Å². The minimum atomic E-state index is -2.94. The van der Waals surface area contributed by atoms with Gasteiger partial charge in [0.1, 0.15) is 9.84 Å². The zero-order valence-electron chi connectivity index (χ0n) is 8.75. The van der Waals surface area contributed by atoms with Crippen LogP contribution in [0, 0.1) is 12.3 Å². The Hall–Kier alpha value is -1.06. The van der Waals surface area contributed by atoms with Crippen LogP contribution in [-0.4, -0.2) is 46.0 Å². The number of carbonyl (C=O) groups excluding carboxylic acids is 1. The summed E-state index contributed by atoms with van der Waals surface area (Å²) in [5.74, 6) is 2.25. The van der Waals surface area contributed by atoms with Crippen LogP contribution in [0.5, 0.6) is 0 Å². The van der Waals surface area contributed by atoms with Crippen molar-refractivity contribution in [2.24, 2.45) is 0 Å². The fraction of sp³-hybridized carbons (Fsp3) is 0.667. The van der Waals surface area contributed by atoms with Gasteiger partial charge in [0.2, 0.25) is 5.91 Å². The molecule has 0 bridgehead atoms. The molecule has 0 aliphatic carbocycles. The summed E-state index contributed by atoms with van der Waals surface area (Å²) >= 11 is 0. The van der Waals surface area contributed by atoms with Gasteiger partial charge in [-0.25, -0.2) is 8.42 Å². The first-order valence-corrected chi connectivity index (χ1v) is 6.60. The molecule has 0 atom stereocenters. The number of amides is 1. The maximum atomic E-state index is 11.1. The molecule has 0 aromatic heterocycles. The van der Waals surface area contributed by atoms with Crippen molar-refractivity contribution in [3.05, 3.63) is 0 Å². The third-order valence-electron chi connectivity index (χ3n) is 1.53. The second kappa shape index (κ2) is 7.26. The smallest absolute Gasteiger partial charge is 0.233 e. The van der Waals surface area contributed by atoms with Gasteiger partial charge in [0.05, 0.1) is 18.8 Å². The zero-order chi connectivity index (χ0) is 11.7. The number of nitrogens with one attached hydrogen (secondary N) is 2. The van der Waals surface area contributed by atoms with Crippen molar-refractivity contribution in [2.45, 2.75) is 6.42 Å². The molecular formula is C9H16N2O3S. The van der Waals surface area contributed by atoms with Gasteiger partial charge in [-0.1, -0.05) is 5.92 Å². The first kappa shape index (κ1) is 13.9. The van der Waals surface area contributed by atoms with Crippen LogP contribution < -0.4 is 10.6 Å². The highest BCUT2D eigenvalue weighted by Crippen LogP contribution is 1.86. The molecule has 86 valence electrons. The highest BCUT2D eigenvalue weighted by atomic mass is 32.2. The van der Waals surface area contributed by atoms with E-state index >= 15 is 0 Å². The van der Waals surface area contributed by atoms with Gasteiger partial charge in [-0.3, -0.25) is 10.1 Å². The molecule has 0 rings (SSSR count). The summed E-state index contributed by atoms with van der Waals surface area (Å²) in [5, 5.41) is 5.31. The zero-order valence-corrected chi connectivity index (χ0v) is 9.56. The summed E-state index contributed by atoms with van der Waals surface area (Å²) in [7, 11) is -2.94. The van der Waals surface area contributed by atoms with Gasteiger partial charge in [-0.15, -0.1) is 6.42 Å². The molecule has 15 heavy (non-hydrogen) atoms. The highest BCUT2D eigenvalue weighted by Gasteiger charge is 2.02. The third kappa shape index (κ3) is 10.9. The van der Waals surface area contributed by atoms with Crippen molar-refractivity contribution in [1.29, 1.82) is 0 Å². The number of sulfone groups is 1. The maximum absolute atomic E-state index is 11.1. The summed E-state index contributed by atoms with van der Waals surface area (Å²) in [6, 6.07) is 0. The van der Waals surface area contributed by atoms with Crippen molar-refractivity contribution >= 4 is 15.7 Å². The Morgan fingerprint density at radius 2 is 2.13 bits per heavy atom. The molecule has 0 heterocycles. The minimum absolute atomic E-state index is 0.0884. The standard InChI is InChI=1S/C9H16N2O3S/c1-3-5-10-8-9(12)11-6-4-7-15(2,13)14/h1,10H,4-8H2,2H3,(H,11,12). The molecule has 0 aromatic carbocycles. The van der Waals surface area contributed by atoms with Gasteiger partial charge in [-0.05, 0) is 6.42 Å². The molecule has 2 N–H and O–H groups in total. The van der Waals surface area contributed by atoms with Crippen LogP contribution in [0.25, 0.3) is 0 Å². The fourth-order valence-electron chi connectivity index (χ4n) is 0.873. The molecule has 0 saturated heterocycles. The van der Waals surface area contributed by atoms with Gasteiger partial charge in [0, 0.05) is 12.8 Å². The topological polar surface area (TPSA) is 75.3 Å². The molecule has 0 fully saturated rings. The molecular weight excluding hydrogens is 216 g/mol. The van der Waals surface area contributed by atoms with Crippen molar-refractivity contribution in [3.8, 4) is 12.3 Å². The molecule has 0 unspecified atom stereocenters. The van der Waals surface area contributed by atoms with E-state index in [0.717, 1.165) is 0 Å². The lowest BCUT2D eigenvalue weighted by Crippen LogP contribution is -2.34. The Kier molecular flexibility index (Phi) is 6.75. The summed E-state index contributed by atoms with van der Waals surface area (Å²) < 4.78 is 21.5. The molecule has 1 amide bonds. The lowest BCUT2D eigenvalue weighted by atomic mass is 10.4. The molecule has 0 saturated carbocycles. The molecule has 0 aromatic rings. The predicted octanol–water partition coefficient (Wildman–Crippen LogP) is -1.24. The van der Waals surface area contributed by atoms with Crippen LogP contribution in [-0.2, 0) is 14.6 Å². The van der Waals surface area contributed by atoms with Gasteiger partial charge < -0.3 is 5.32 Å².